The molecule has 0 aliphatic heterocycles. The summed E-state index contributed by atoms with van der Waals surface area (Å²) in [4.78, 5) is 20.6. The van der Waals surface area contributed by atoms with Crippen molar-refractivity contribution in [1.29, 1.82) is 0 Å². The van der Waals surface area contributed by atoms with Crippen molar-refractivity contribution in [2.24, 2.45) is 5.73 Å². The number of carbonyl (C=O) groups is 2. The second-order valence-corrected chi connectivity index (χ2v) is 15.6. The monoisotopic (exact) mass is 922 g/mol. The Morgan fingerprint density at radius 1 is 0.656 bits per heavy atom. The molecule has 352 valence electrons. The van der Waals surface area contributed by atoms with Gasteiger partial charge in [-0.1, -0.05) is 67.1 Å². The van der Waals surface area contributed by atoms with Gasteiger partial charge >= 0.3 is 24.7 Å². The minimum absolute atomic E-state index is 0.0722. The van der Waals surface area contributed by atoms with Gasteiger partial charge in [-0.2, -0.15) is 52.7 Å². The fraction of sp³-hybridized carbons (Fsp3) is 0.435. The van der Waals surface area contributed by atoms with E-state index in [9.17, 15) is 62.3 Å². The van der Waals surface area contributed by atoms with Gasteiger partial charge in [0.25, 0.3) is 0 Å². The molecule has 6 nitrogen and oxygen atoms in total. The second kappa shape index (κ2) is 22.2. The van der Waals surface area contributed by atoms with Crippen LogP contribution in [-0.2, 0) is 49.2 Å². The van der Waals surface area contributed by atoms with Gasteiger partial charge in [-0.25, -0.2) is 0 Å². The Morgan fingerprint density at radius 2 is 1.03 bits per heavy atom. The average Bonchev–Trinajstić information content (AvgIpc) is 3.17. The van der Waals surface area contributed by atoms with Crippen LogP contribution in [0, 0.1) is 0 Å². The number of hydrogen-bond acceptors (Lipinski definition) is 4. The van der Waals surface area contributed by atoms with E-state index in [1.54, 1.807) is 0 Å². The van der Waals surface area contributed by atoms with Crippen molar-refractivity contribution in [3.8, 4) is 0 Å². The van der Waals surface area contributed by atoms with Crippen LogP contribution >= 0.6 is 0 Å². The van der Waals surface area contributed by atoms with Crippen LogP contribution in [0.25, 0.3) is 0 Å². The number of benzene rings is 4. The lowest BCUT2D eigenvalue weighted by Gasteiger charge is -2.48. The summed E-state index contributed by atoms with van der Waals surface area (Å²) in [6.45, 7) is 5.60. The maximum Gasteiger partial charge on any atom is 0.416 e. The SMILES string of the molecule is CC(=O)NC1CC(CO[C@H](C)c2cc(C(F)(F)F)cc(C(F)(F)F)c2)(c2ccccc2)C1.CC(N)=O.CO[C@H](C)c1cc(C(F)(F)F)cc(C(F)(F)F)c1.c1ccc(C2CCC2)cc1. The van der Waals surface area contributed by atoms with Crippen molar-refractivity contribution >= 4 is 11.8 Å². The number of hydrogen-bond donors (Lipinski definition) is 2. The van der Waals surface area contributed by atoms with Gasteiger partial charge in [0.05, 0.1) is 41.1 Å². The number of halogens is 12. The Labute approximate surface area is 363 Å². The largest absolute Gasteiger partial charge is 0.416 e. The molecule has 0 radical (unpaired) electrons. The zero-order valence-corrected chi connectivity index (χ0v) is 35.5. The van der Waals surface area contributed by atoms with E-state index >= 15 is 0 Å². The number of amides is 2. The zero-order chi connectivity index (χ0) is 48.3. The Hall–Kier alpha value is -5.10. The van der Waals surface area contributed by atoms with Crippen LogP contribution in [0.1, 0.15) is 122 Å². The summed E-state index contributed by atoms with van der Waals surface area (Å²) in [6.07, 6.45) is -16.0. The van der Waals surface area contributed by atoms with Gasteiger partial charge in [-0.05, 0) is 104 Å². The maximum atomic E-state index is 13.2. The quantitative estimate of drug-likeness (QED) is 0.164. The van der Waals surface area contributed by atoms with E-state index in [2.05, 4.69) is 41.4 Å². The third kappa shape index (κ3) is 16.2. The van der Waals surface area contributed by atoms with Crippen molar-refractivity contribution in [3.63, 3.8) is 0 Å². The van der Waals surface area contributed by atoms with E-state index in [-0.39, 0.29) is 47.7 Å². The Balaban J connectivity index is 0.000000282. The van der Waals surface area contributed by atoms with E-state index < -0.39 is 64.6 Å². The molecule has 2 atom stereocenters. The maximum absolute atomic E-state index is 13.2. The summed E-state index contributed by atoms with van der Waals surface area (Å²) in [5.74, 6) is 0.385. The molecule has 2 amide bonds. The summed E-state index contributed by atoms with van der Waals surface area (Å²) < 4.78 is 165. The van der Waals surface area contributed by atoms with Gasteiger partial charge in [0.2, 0.25) is 11.8 Å². The van der Waals surface area contributed by atoms with Gasteiger partial charge in [-0.15, -0.1) is 0 Å². The Kier molecular flexibility index (Phi) is 18.5. The molecule has 0 aromatic heterocycles. The van der Waals surface area contributed by atoms with Gasteiger partial charge in [0.1, 0.15) is 0 Å². The van der Waals surface area contributed by atoms with Gasteiger partial charge in [0, 0.05) is 32.4 Å². The average molecular weight is 923 g/mol. The molecule has 2 fully saturated rings. The number of carbonyl (C=O) groups excluding carboxylic acids is 2. The summed E-state index contributed by atoms with van der Waals surface area (Å²) in [7, 11) is 1.21. The van der Waals surface area contributed by atoms with Crippen LogP contribution in [-0.4, -0.2) is 31.6 Å². The number of nitrogens with one attached hydrogen (secondary N) is 1. The van der Waals surface area contributed by atoms with Gasteiger partial charge in [0.15, 0.2) is 0 Å². The molecule has 2 aliphatic carbocycles. The lowest BCUT2D eigenvalue weighted by Crippen LogP contribution is -2.55. The van der Waals surface area contributed by atoms with Crippen molar-refractivity contribution in [2.75, 3.05) is 13.7 Å². The topological polar surface area (TPSA) is 90.6 Å². The van der Waals surface area contributed by atoms with Crippen LogP contribution in [0.5, 0.6) is 0 Å². The third-order valence-electron chi connectivity index (χ3n) is 10.6. The first-order valence-corrected chi connectivity index (χ1v) is 19.9. The van der Waals surface area contributed by atoms with Crippen molar-refractivity contribution in [2.45, 2.75) is 114 Å². The number of ether oxygens (including phenoxy) is 2. The lowest BCUT2D eigenvalue weighted by molar-refractivity contribution is -0.144. The minimum atomic E-state index is -4.92. The zero-order valence-electron chi connectivity index (χ0n) is 35.5. The summed E-state index contributed by atoms with van der Waals surface area (Å²) in [5.41, 5.74) is 0.675. The number of alkyl halides is 12. The number of primary amides is 1. The highest BCUT2D eigenvalue weighted by atomic mass is 19.4. The molecule has 4 aromatic rings. The van der Waals surface area contributed by atoms with Crippen molar-refractivity contribution in [1.82, 2.24) is 5.32 Å². The number of rotatable bonds is 9. The second-order valence-electron chi connectivity index (χ2n) is 15.6. The molecule has 0 heterocycles. The molecule has 6 rings (SSSR count). The fourth-order valence-corrected chi connectivity index (χ4v) is 6.91. The van der Waals surface area contributed by atoms with E-state index in [4.69, 9.17) is 9.47 Å². The van der Waals surface area contributed by atoms with Crippen LogP contribution in [0.4, 0.5) is 52.7 Å². The molecule has 4 aromatic carbocycles. The van der Waals surface area contributed by atoms with Crippen LogP contribution < -0.4 is 11.1 Å². The van der Waals surface area contributed by atoms with Gasteiger partial charge in [-0.3, -0.25) is 9.59 Å². The molecule has 2 aliphatic rings. The molecule has 64 heavy (non-hydrogen) atoms. The molecule has 0 spiro atoms. The summed E-state index contributed by atoms with van der Waals surface area (Å²) in [5, 5.41) is 2.83. The third-order valence-corrected chi connectivity index (χ3v) is 10.6. The molecule has 2 saturated carbocycles. The van der Waals surface area contributed by atoms with E-state index in [0.29, 0.717) is 37.1 Å². The first-order chi connectivity index (χ1) is 29.6. The molecule has 3 N–H and O–H groups in total. The number of nitrogens with two attached hydrogens (primary N) is 1. The number of methoxy groups -OCH3 is 1. The molecular formula is C46H50F12N2O4. The first-order valence-electron chi connectivity index (χ1n) is 19.9. The van der Waals surface area contributed by atoms with E-state index in [1.165, 1.54) is 59.6 Å². The normalized spacial score (nSPS) is 18.5. The molecular weight excluding hydrogens is 872 g/mol. The highest BCUT2D eigenvalue weighted by Gasteiger charge is 2.47. The predicted octanol–water partition coefficient (Wildman–Crippen LogP) is 12.9. The highest BCUT2D eigenvalue weighted by molar-refractivity contribution is 5.73. The lowest BCUT2D eigenvalue weighted by atomic mass is 9.62. The fourth-order valence-electron chi connectivity index (χ4n) is 6.91. The molecule has 0 saturated heterocycles. The van der Waals surface area contributed by atoms with Crippen LogP contribution in [0.3, 0.4) is 0 Å². The van der Waals surface area contributed by atoms with Crippen LogP contribution in [0.2, 0.25) is 0 Å². The highest BCUT2D eigenvalue weighted by Crippen LogP contribution is 2.46. The predicted molar refractivity (Wildman–Crippen MR) is 216 cm³/mol. The molecule has 18 heteroatoms. The standard InChI is InChI=1S/C23H23F6NO2.C11H10F6O.C10H12.C2H5NO/c1-14(16-8-18(22(24,25)26)10-19(9-16)23(27,28)29)32-13-21(17-6-4-3-5-7-17)11-20(12-21)30-15(2)31;1-6(18-2)7-3-8(10(12,13)14)5-9(4-7)11(15,16)17;1-2-5-9(6-3-1)10-7-4-8-10;1-2(3)4/h3-10,14,20H,11-13H2,1-2H3,(H,30,31);3-6H,1-2H3;1-3,5-6,10H,4,7-8H2;1H3,(H2,3,4)/t14-,20?,21?;6-;;/m11../s1. The van der Waals surface area contributed by atoms with E-state index in [1.807, 2.05) is 30.3 Å². The molecule has 0 unspecified atom stereocenters. The Morgan fingerprint density at radius 3 is 1.36 bits per heavy atom. The first kappa shape index (κ1) is 53.2. The minimum Gasteiger partial charge on any atom is -0.377 e. The van der Waals surface area contributed by atoms with Crippen molar-refractivity contribution < 1.29 is 71.7 Å². The smallest absolute Gasteiger partial charge is 0.377 e. The van der Waals surface area contributed by atoms with Gasteiger partial charge < -0.3 is 20.5 Å². The van der Waals surface area contributed by atoms with Crippen LogP contribution in [0.15, 0.2) is 97.1 Å². The van der Waals surface area contributed by atoms with E-state index in [0.717, 1.165) is 11.5 Å². The summed E-state index contributed by atoms with van der Waals surface area (Å²) in [6, 6.07) is 23.0. The van der Waals surface area contributed by atoms with Crippen molar-refractivity contribution in [3.05, 3.63) is 142 Å². The molecule has 0 bridgehead atoms. The Bertz CT molecular complexity index is 2030. The summed E-state index contributed by atoms with van der Waals surface area (Å²) >= 11 is 0.